The third-order valence-electron chi connectivity index (χ3n) is 7.23. The maximum atomic E-state index is 13.4. The minimum atomic E-state index is -4.66. The van der Waals surface area contributed by atoms with Gasteiger partial charge in [-0.1, -0.05) is 27.7 Å². The first-order valence-corrected chi connectivity index (χ1v) is 11.8. The molecule has 0 radical (unpaired) electrons. The molecule has 0 spiro atoms. The predicted octanol–water partition coefficient (Wildman–Crippen LogP) is 5.25. The molecule has 9 heteroatoms. The SMILES string of the molecule is CC1(C)C(NC(=O)c2ccc(NCC3COC3)cc2)C(C)(C)C1Oc1ccc(C#N)c(C(F)(F)F)c1. The summed E-state index contributed by atoms with van der Waals surface area (Å²) in [6, 6.07) is 11.9. The van der Waals surface area contributed by atoms with E-state index in [0.717, 1.165) is 37.6 Å². The highest BCUT2D eigenvalue weighted by molar-refractivity contribution is 5.95. The van der Waals surface area contributed by atoms with Gasteiger partial charge in [-0.15, -0.1) is 0 Å². The number of benzene rings is 2. The van der Waals surface area contributed by atoms with Gasteiger partial charge in [0.05, 0.1) is 30.4 Å². The van der Waals surface area contributed by atoms with Gasteiger partial charge in [0, 0.05) is 40.6 Å². The van der Waals surface area contributed by atoms with Crippen LogP contribution in [0.3, 0.4) is 0 Å². The third kappa shape index (κ3) is 4.87. The highest BCUT2D eigenvalue weighted by Gasteiger charge is 2.64. The lowest BCUT2D eigenvalue weighted by molar-refractivity contribution is -0.164. The summed E-state index contributed by atoms with van der Waals surface area (Å²) in [6.45, 7) is 10.0. The fourth-order valence-electron chi connectivity index (χ4n) is 5.48. The monoisotopic (exact) mass is 501 g/mol. The average molecular weight is 502 g/mol. The topological polar surface area (TPSA) is 83.4 Å². The third-order valence-corrected chi connectivity index (χ3v) is 7.23. The van der Waals surface area contributed by atoms with Gasteiger partial charge in [0.2, 0.25) is 0 Å². The lowest BCUT2D eigenvalue weighted by atomic mass is 9.49. The zero-order valence-corrected chi connectivity index (χ0v) is 20.7. The number of nitriles is 1. The molecule has 1 amide bonds. The summed E-state index contributed by atoms with van der Waals surface area (Å²) in [5.74, 6) is 0.320. The van der Waals surface area contributed by atoms with E-state index in [4.69, 9.17) is 14.7 Å². The number of hydrogen-bond donors (Lipinski definition) is 2. The van der Waals surface area contributed by atoms with Crippen LogP contribution in [-0.4, -0.2) is 37.8 Å². The number of amides is 1. The Hall–Kier alpha value is -3.25. The van der Waals surface area contributed by atoms with Crippen molar-refractivity contribution in [2.24, 2.45) is 16.7 Å². The fourth-order valence-corrected chi connectivity index (χ4v) is 5.48. The number of alkyl halides is 3. The Bertz CT molecular complexity index is 1150. The quantitative estimate of drug-likeness (QED) is 0.542. The van der Waals surface area contributed by atoms with Crippen LogP contribution in [-0.2, 0) is 10.9 Å². The van der Waals surface area contributed by atoms with Gasteiger partial charge in [-0.05, 0) is 42.5 Å². The van der Waals surface area contributed by atoms with Gasteiger partial charge in [0.15, 0.2) is 0 Å². The summed E-state index contributed by atoms with van der Waals surface area (Å²) >= 11 is 0. The molecule has 2 aromatic rings. The van der Waals surface area contributed by atoms with Crippen molar-refractivity contribution < 1.29 is 27.4 Å². The number of nitrogens with one attached hydrogen (secondary N) is 2. The van der Waals surface area contributed by atoms with Gasteiger partial charge in [0.1, 0.15) is 11.9 Å². The molecule has 2 aromatic carbocycles. The Morgan fingerprint density at radius 3 is 2.28 bits per heavy atom. The number of hydrogen-bond acceptors (Lipinski definition) is 5. The molecular weight excluding hydrogens is 471 g/mol. The fraction of sp³-hybridized carbons (Fsp3) is 0.481. The van der Waals surface area contributed by atoms with E-state index in [-0.39, 0.29) is 17.7 Å². The van der Waals surface area contributed by atoms with Crippen LogP contribution in [0.1, 0.15) is 49.2 Å². The van der Waals surface area contributed by atoms with E-state index in [2.05, 4.69) is 10.6 Å². The van der Waals surface area contributed by atoms with Gasteiger partial charge in [0.25, 0.3) is 5.91 Å². The van der Waals surface area contributed by atoms with E-state index in [1.807, 2.05) is 39.8 Å². The minimum absolute atomic E-state index is 0.0359. The second-order valence-corrected chi connectivity index (χ2v) is 10.7. The van der Waals surface area contributed by atoms with Crippen molar-refractivity contribution in [2.75, 3.05) is 25.1 Å². The number of rotatable bonds is 7. The number of halogens is 3. The van der Waals surface area contributed by atoms with Crippen LogP contribution < -0.4 is 15.4 Å². The van der Waals surface area contributed by atoms with Crippen LogP contribution in [0.5, 0.6) is 5.75 Å². The van der Waals surface area contributed by atoms with Crippen molar-refractivity contribution in [1.82, 2.24) is 5.32 Å². The summed E-state index contributed by atoms with van der Waals surface area (Å²) < 4.78 is 51.3. The maximum Gasteiger partial charge on any atom is 0.417 e. The molecule has 6 nitrogen and oxygen atoms in total. The van der Waals surface area contributed by atoms with E-state index in [0.29, 0.717) is 11.5 Å². The molecule has 0 bridgehead atoms. The molecule has 4 rings (SSSR count). The standard InChI is InChI=1S/C27H30F3N3O3/c1-25(2)23(33-22(34)17-5-8-19(9-6-17)32-13-16-14-35-15-16)26(3,4)24(25)36-20-10-7-18(12-31)21(11-20)27(28,29)30/h5-11,16,23-24,32H,13-15H2,1-4H3,(H,33,34). The van der Waals surface area contributed by atoms with Crippen molar-refractivity contribution in [1.29, 1.82) is 5.26 Å². The van der Waals surface area contributed by atoms with Gasteiger partial charge in [-0.25, -0.2) is 0 Å². The Labute approximate surface area is 208 Å². The van der Waals surface area contributed by atoms with E-state index in [1.165, 1.54) is 6.07 Å². The zero-order valence-electron chi connectivity index (χ0n) is 20.7. The second-order valence-electron chi connectivity index (χ2n) is 10.7. The molecule has 0 aromatic heterocycles. The average Bonchev–Trinajstić information content (AvgIpc) is 2.79. The highest BCUT2D eigenvalue weighted by atomic mass is 19.4. The number of anilines is 1. The second kappa shape index (κ2) is 9.32. The van der Waals surface area contributed by atoms with Crippen LogP contribution in [0.15, 0.2) is 42.5 Å². The van der Waals surface area contributed by atoms with Crippen molar-refractivity contribution in [3.8, 4) is 11.8 Å². The summed E-state index contributed by atoms with van der Waals surface area (Å²) in [4.78, 5) is 13.0. The van der Waals surface area contributed by atoms with E-state index in [1.54, 1.807) is 18.2 Å². The van der Waals surface area contributed by atoms with Gasteiger partial charge in [-0.2, -0.15) is 18.4 Å². The smallest absolute Gasteiger partial charge is 0.417 e. The van der Waals surface area contributed by atoms with Crippen LogP contribution in [0.2, 0.25) is 0 Å². The molecule has 1 aliphatic heterocycles. The lowest BCUT2D eigenvalue weighted by Crippen LogP contribution is -2.74. The van der Waals surface area contributed by atoms with Gasteiger partial charge >= 0.3 is 6.18 Å². The largest absolute Gasteiger partial charge is 0.489 e. The van der Waals surface area contributed by atoms with E-state index >= 15 is 0 Å². The molecular formula is C27H30F3N3O3. The maximum absolute atomic E-state index is 13.4. The molecule has 2 aliphatic rings. The minimum Gasteiger partial charge on any atom is -0.489 e. The Kier molecular flexibility index (Phi) is 6.69. The van der Waals surface area contributed by atoms with Crippen molar-refractivity contribution in [3.63, 3.8) is 0 Å². The summed E-state index contributed by atoms with van der Waals surface area (Å²) in [5.41, 5.74) is -1.15. The molecule has 1 saturated heterocycles. The first-order chi connectivity index (χ1) is 16.8. The van der Waals surface area contributed by atoms with Crippen LogP contribution in [0, 0.1) is 28.1 Å². The number of nitrogens with zero attached hydrogens (tertiary/aromatic N) is 1. The molecule has 1 heterocycles. The van der Waals surface area contributed by atoms with Crippen molar-refractivity contribution in [2.45, 2.75) is 46.0 Å². The van der Waals surface area contributed by atoms with Crippen LogP contribution >= 0.6 is 0 Å². The van der Waals surface area contributed by atoms with Crippen LogP contribution in [0.4, 0.5) is 18.9 Å². The molecule has 1 saturated carbocycles. The normalized spacial score (nSPS) is 22.5. The number of carbonyl (C=O) groups excluding carboxylic acids is 1. The van der Waals surface area contributed by atoms with Gasteiger partial charge in [-0.3, -0.25) is 4.79 Å². The first-order valence-electron chi connectivity index (χ1n) is 11.8. The molecule has 0 atom stereocenters. The number of ether oxygens (including phenoxy) is 2. The first kappa shape index (κ1) is 25.8. The Morgan fingerprint density at radius 2 is 1.75 bits per heavy atom. The molecule has 1 aliphatic carbocycles. The predicted molar refractivity (Wildman–Crippen MR) is 129 cm³/mol. The van der Waals surface area contributed by atoms with Crippen molar-refractivity contribution in [3.05, 3.63) is 59.2 Å². The zero-order chi connectivity index (χ0) is 26.3. The molecule has 2 N–H and O–H groups in total. The van der Waals surface area contributed by atoms with E-state index < -0.39 is 34.2 Å². The molecule has 192 valence electrons. The summed E-state index contributed by atoms with van der Waals surface area (Å²) in [6.07, 6.45) is -5.13. The van der Waals surface area contributed by atoms with E-state index in [9.17, 15) is 18.0 Å². The number of carbonyl (C=O) groups is 1. The van der Waals surface area contributed by atoms with Crippen molar-refractivity contribution >= 4 is 11.6 Å². The molecule has 36 heavy (non-hydrogen) atoms. The Balaban J connectivity index is 1.42. The molecule has 0 unspecified atom stereocenters. The van der Waals surface area contributed by atoms with Gasteiger partial charge < -0.3 is 20.1 Å². The summed E-state index contributed by atoms with van der Waals surface area (Å²) in [7, 11) is 0. The molecule has 2 fully saturated rings. The lowest BCUT2D eigenvalue weighted by Gasteiger charge is -2.63. The summed E-state index contributed by atoms with van der Waals surface area (Å²) in [5, 5.41) is 15.5. The van der Waals surface area contributed by atoms with Crippen LogP contribution in [0.25, 0.3) is 0 Å². The Morgan fingerprint density at radius 1 is 1.11 bits per heavy atom. The highest BCUT2D eigenvalue weighted by Crippen LogP contribution is 2.55.